The lowest BCUT2D eigenvalue weighted by atomic mass is 9.96. The standard InChI is InChI=1S/C21H31N5O/c1-25-15-18(14-23-25)17-10-12-26(16-17)21(24-19-6-3-2-4-7-19)22-11-9-20-8-5-13-27-20/h5,8,13-15,17,19H,2-4,6-7,9-12,16H2,1H3,(H,22,24). The molecule has 27 heavy (non-hydrogen) atoms. The second-order valence-electron chi connectivity index (χ2n) is 7.89. The molecule has 0 bridgehead atoms. The number of nitrogens with zero attached hydrogens (tertiary/aromatic N) is 4. The molecule has 1 atom stereocenters. The maximum Gasteiger partial charge on any atom is 0.194 e. The van der Waals surface area contributed by atoms with Crippen molar-refractivity contribution >= 4 is 5.96 Å². The van der Waals surface area contributed by atoms with E-state index in [4.69, 9.17) is 9.41 Å². The van der Waals surface area contributed by atoms with Crippen molar-refractivity contribution in [3.05, 3.63) is 42.1 Å². The number of aryl methyl sites for hydroxylation is 1. The molecule has 3 heterocycles. The number of aromatic nitrogens is 2. The topological polar surface area (TPSA) is 58.6 Å². The van der Waals surface area contributed by atoms with Crippen LogP contribution in [0.3, 0.4) is 0 Å². The number of furan rings is 1. The van der Waals surface area contributed by atoms with E-state index in [1.165, 1.54) is 37.7 Å². The SMILES string of the molecule is Cn1cc(C2CCN(C(=NCCc3ccco3)NC3CCCCC3)C2)cn1. The van der Waals surface area contributed by atoms with Gasteiger partial charge in [-0.1, -0.05) is 19.3 Å². The second kappa shape index (κ2) is 8.63. The van der Waals surface area contributed by atoms with Crippen molar-refractivity contribution in [1.29, 1.82) is 0 Å². The highest BCUT2D eigenvalue weighted by Crippen LogP contribution is 2.27. The zero-order valence-electron chi connectivity index (χ0n) is 16.3. The van der Waals surface area contributed by atoms with E-state index in [2.05, 4.69) is 21.5 Å². The van der Waals surface area contributed by atoms with Gasteiger partial charge in [-0.2, -0.15) is 5.10 Å². The van der Waals surface area contributed by atoms with Gasteiger partial charge in [0.25, 0.3) is 0 Å². The lowest BCUT2D eigenvalue weighted by Gasteiger charge is -2.29. The Kier molecular flexibility index (Phi) is 5.80. The molecule has 6 heteroatoms. The van der Waals surface area contributed by atoms with Crippen molar-refractivity contribution in [1.82, 2.24) is 20.0 Å². The summed E-state index contributed by atoms with van der Waals surface area (Å²) < 4.78 is 7.35. The van der Waals surface area contributed by atoms with Gasteiger partial charge < -0.3 is 14.6 Å². The Balaban J connectivity index is 1.41. The van der Waals surface area contributed by atoms with Crippen molar-refractivity contribution in [2.24, 2.45) is 12.0 Å². The number of likely N-dealkylation sites (tertiary alicyclic amines) is 1. The summed E-state index contributed by atoms with van der Waals surface area (Å²) in [5, 5.41) is 8.12. The van der Waals surface area contributed by atoms with Crippen LogP contribution in [0, 0.1) is 0 Å². The van der Waals surface area contributed by atoms with Crippen LogP contribution < -0.4 is 5.32 Å². The molecule has 2 fully saturated rings. The van der Waals surface area contributed by atoms with E-state index in [1.807, 2.05) is 30.1 Å². The third kappa shape index (κ3) is 4.73. The predicted octanol–water partition coefficient (Wildman–Crippen LogP) is 3.32. The molecule has 2 aromatic rings. The van der Waals surface area contributed by atoms with Crippen molar-refractivity contribution in [3.63, 3.8) is 0 Å². The minimum absolute atomic E-state index is 0.544. The molecule has 2 aliphatic rings. The monoisotopic (exact) mass is 369 g/mol. The molecule has 1 N–H and O–H groups in total. The Hall–Kier alpha value is -2.24. The highest BCUT2D eigenvalue weighted by molar-refractivity contribution is 5.80. The van der Waals surface area contributed by atoms with E-state index in [9.17, 15) is 0 Å². The first-order chi connectivity index (χ1) is 13.3. The Morgan fingerprint density at radius 1 is 1.30 bits per heavy atom. The fourth-order valence-electron chi connectivity index (χ4n) is 4.27. The Bertz CT molecular complexity index is 730. The highest BCUT2D eigenvalue weighted by atomic mass is 16.3. The van der Waals surface area contributed by atoms with Crippen LogP contribution in [0.1, 0.15) is 55.8 Å². The third-order valence-corrected chi connectivity index (χ3v) is 5.82. The molecular weight excluding hydrogens is 338 g/mol. The molecule has 4 rings (SSSR count). The minimum Gasteiger partial charge on any atom is -0.469 e. The number of nitrogens with one attached hydrogen (secondary N) is 1. The van der Waals surface area contributed by atoms with E-state index in [-0.39, 0.29) is 0 Å². The summed E-state index contributed by atoms with van der Waals surface area (Å²) in [7, 11) is 1.99. The fourth-order valence-corrected chi connectivity index (χ4v) is 4.27. The molecule has 0 amide bonds. The first kappa shape index (κ1) is 18.1. The summed E-state index contributed by atoms with van der Waals surface area (Å²) >= 11 is 0. The third-order valence-electron chi connectivity index (χ3n) is 5.82. The lowest BCUT2D eigenvalue weighted by Crippen LogP contribution is -2.46. The van der Waals surface area contributed by atoms with Gasteiger partial charge in [-0.3, -0.25) is 9.67 Å². The van der Waals surface area contributed by atoms with Gasteiger partial charge in [0.05, 0.1) is 12.5 Å². The Morgan fingerprint density at radius 3 is 2.93 bits per heavy atom. The summed E-state index contributed by atoms with van der Waals surface area (Å²) in [6.07, 6.45) is 14.5. The molecule has 2 aromatic heterocycles. The van der Waals surface area contributed by atoms with Crippen molar-refractivity contribution in [3.8, 4) is 0 Å². The number of hydrogen-bond donors (Lipinski definition) is 1. The van der Waals surface area contributed by atoms with Gasteiger partial charge in [0.1, 0.15) is 5.76 Å². The van der Waals surface area contributed by atoms with Crippen LogP contribution >= 0.6 is 0 Å². The van der Waals surface area contributed by atoms with E-state index in [0.29, 0.717) is 12.0 Å². The number of aliphatic imine (C=N–C) groups is 1. The van der Waals surface area contributed by atoms with Crippen LogP contribution in [0.25, 0.3) is 0 Å². The minimum atomic E-state index is 0.544. The van der Waals surface area contributed by atoms with Crippen LogP contribution in [-0.4, -0.2) is 46.3 Å². The number of hydrogen-bond acceptors (Lipinski definition) is 3. The van der Waals surface area contributed by atoms with Gasteiger partial charge >= 0.3 is 0 Å². The maximum atomic E-state index is 5.46. The smallest absolute Gasteiger partial charge is 0.194 e. The average molecular weight is 370 g/mol. The quantitative estimate of drug-likeness (QED) is 0.649. The largest absolute Gasteiger partial charge is 0.469 e. The molecule has 0 aromatic carbocycles. The van der Waals surface area contributed by atoms with Crippen LogP contribution in [0.2, 0.25) is 0 Å². The molecule has 1 aliphatic carbocycles. The molecular formula is C21H31N5O. The van der Waals surface area contributed by atoms with Gasteiger partial charge in [-0.15, -0.1) is 0 Å². The second-order valence-corrected chi connectivity index (χ2v) is 7.89. The van der Waals surface area contributed by atoms with Crippen LogP contribution in [0.5, 0.6) is 0 Å². The first-order valence-corrected chi connectivity index (χ1v) is 10.3. The lowest BCUT2D eigenvalue weighted by molar-refractivity contribution is 0.388. The molecule has 1 unspecified atom stereocenters. The summed E-state index contributed by atoms with van der Waals surface area (Å²) in [5.74, 6) is 2.63. The van der Waals surface area contributed by atoms with Crippen LogP contribution in [0.15, 0.2) is 40.2 Å². The van der Waals surface area contributed by atoms with Gasteiger partial charge in [0.15, 0.2) is 5.96 Å². The van der Waals surface area contributed by atoms with Crippen LogP contribution in [-0.2, 0) is 13.5 Å². The number of rotatable bonds is 5. The van der Waals surface area contributed by atoms with Crippen LogP contribution in [0.4, 0.5) is 0 Å². The van der Waals surface area contributed by atoms with E-state index < -0.39 is 0 Å². The van der Waals surface area contributed by atoms with E-state index in [0.717, 1.165) is 44.2 Å². The molecule has 1 saturated carbocycles. The molecule has 146 valence electrons. The molecule has 0 radical (unpaired) electrons. The highest BCUT2D eigenvalue weighted by Gasteiger charge is 2.28. The summed E-state index contributed by atoms with van der Waals surface area (Å²) in [6.45, 7) is 2.83. The molecule has 0 spiro atoms. The van der Waals surface area contributed by atoms with Crippen molar-refractivity contribution in [2.45, 2.75) is 56.9 Å². The zero-order valence-corrected chi connectivity index (χ0v) is 16.3. The average Bonchev–Trinajstić information content (AvgIpc) is 3.43. The normalized spacial score (nSPS) is 21.7. The molecule has 6 nitrogen and oxygen atoms in total. The fraction of sp³-hybridized carbons (Fsp3) is 0.619. The van der Waals surface area contributed by atoms with Gasteiger partial charge in [0, 0.05) is 51.3 Å². The van der Waals surface area contributed by atoms with E-state index in [1.54, 1.807) is 6.26 Å². The zero-order chi connectivity index (χ0) is 18.5. The summed E-state index contributed by atoms with van der Waals surface area (Å²) in [5.41, 5.74) is 1.34. The molecule has 1 aliphatic heterocycles. The van der Waals surface area contributed by atoms with Crippen molar-refractivity contribution in [2.75, 3.05) is 19.6 Å². The van der Waals surface area contributed by atoms with Gasteiger partial charge in [-0.25, -0.2) is 0 Å². The number of guanidine groups is 1. The summed E-state index contributed by atoms with van der Waals surface area (Å²) in [4.78, 5) is 7.40. The maximum absolute atomic E-state index is 5.46. The Labute approximate surface area is 161 Å². The summed E-state index contributed by atoms with van der Waals surface area (Å²) in [6, 6.07) is 4.54. The van der Waals surface area contributed by atoms with E-state index >= 15 is 0 Å². The first-order valence-electron chi connectivity index (χ1n) is 10.3. The molecule has 1 saturated heterocycles. The van der Waals surface area contributed by atoms with Gasteiger partial charge in [-0.05, 0) is 37.0 Å². The Morgan fingerprint density at radius 2 is 2.19 bits per heavy atom. The van der Waals surface area contributed by atoms with Gasteiger partial charge in [0.2, 0.25) is 0 Å². The predicted molar refractivity (Wildman–Crippen MR) is 107 cm³/mol. The van der Waals surface area contributed by atoms with Crippen molar-refractivity contribution < 1.29 is 4.42 Å².